The standard InChI is InChI=1S/C49H99N2O6P/c1-6-8-10-12-14-16-18-20-21-22-23-24-25-26-27-28-29-31-33-35-37-39-41-43-49(53)50-47(46-57-58(54,55)56-45-44-51(3,4)5)48(52)42-40-38-36-34-32-30-19-17-15-13-11-9-7-2/h22-23,47-48,52H,6-21,24-46H2,1-5H3,(H-,50,53,54,55)/b23-22-. The van der Waals surface area contributed by atoms with Gasteiger partial charge in [0.15, 0.2) is 0 Å². The number of likely N-dealkylation sites (N-methyl/N-ethyl adjacent to an activating group) is 1. The van der Waals surface area contributed by atoms with Gasteiger partial charge in [-0.15, -0.1) is 0 Å². The largest absolute Gasteiger partial charge is 0.756 e. The van der Waals surface area contributed by atoms with E-state index in [1.54, 1.807) is 0 Å². The van der Waals surface area contributed by atoms with Crippen LogP contribution in [0.3, 0.4) is 0 Å². The number of rotatable bonds is 46. The molecule has 0 aromatic rings. The number of nitrogens with one attached hydrogen (secondary N) is 1. The molecule has 1 amide bonds. The van der Waals surface area contributed by atoms with Crippen LogP contribution in [0.1, 0.15) is 245 Å². The summed E-state index contributed by atoms with van der Waals surface area (Å²) in [4.78, 5) is 25.4. The van der Waals surface area contributed by atoms with E-state index in [0.29, 0.717) is 23.9 Å². The zero-order valence-corrected chi connectivity index (χ0v) is 40.2. The van der Waals surface area contributed by atoms with Gasteiger partial charge in [-0.1, -0.05) is 212 Å². The Morgan fingerprint density at radius 1 is 0.586 bits per heavy atom. The summed E-state index contributed by atoms with van der Waals surface area (Å²) in [6.07, 6.45) is 47.9. The predicted molar refractivity (Wildman–Crippen MR) is 247 cm³/mol. The van der Waals surface area contributed by atoms with Crippen LogP contribution in [0.25, 0.3) is 0 Å². The first-order chi connectivity index (χ1) is 28.0. The number of aliphatic hydroxyl groups excluding tert-OH is 1. The van der Waals surface area contributed by atoms with Crippen LogP contribution in [-0.2, 0) is 18.4 Å². The second-order valence-electron chi connectivity index (χ2n) is 18.5. The first-order valence-corrected chi connectivity index (χ1v) is 26.5. The lowest BCUT2D eigenvalue weighted by Crippen LogP contribution is -2.46. The van der Waals surface area contributed by atoms with Gasteiger partial charge in [0.25, 0.3) is 7.82 Å². The molecule has 58 heavy (non-hydrogen) atoms. The summed E-state index contributed by atoms with van der Waals surface area (Å²) in [5, 5.41) is 13.9. The van der Waals surface area contributed by atoms with Crippen molar-refractivity contribution in [2.75, 3.05) is 40.9 Å². The van der Waals surface area contributed by atoms with Crippen molar-refractivity contribution in [1.29, 1.82) is 0 Å². The molecule has 0 aliphatic rings. The molecule has 0 spiro atoms. The van der Waals surface area contributed by atoms with Crippen LogP contribution < -0.4 is 10.2 Å². The molecule has 0 saturated carbocycles. The number of nitrogens with zero attached hydrogens (tertiary/aromatic N) is 1. The average molecular weight is 843 g/mol. The molecule has 0 aromatic carbocycles. The van der Waals surface area contributed by atoms with Crippen LogP contribution in [0.5, 0.6) is 0 Å². The summed E-state index contributed by atoms with van der Waals surface area (Å²) in [5.41, 5.74) is 0. The lowest BCUT2D eigenvalue weighted by atomic mass is 10.0. The molecule has 0 aliphatic heterocycles. The molecule has 0 heterocycles. The first kappa shape index (κ1) is 57.2. The highest BCUT2D eigenvalue weighted by Gasteiger charge is 2.24. The van der Waals surface area contributed by atoms with E-state index in [-0.39, 0.29) is 19.1 Å². The Labute approximate surface area is 361 Å². The minimum atomic E-state index is -4.56. The maximum Gasteiger partial charge on any atom is 0.268 e. The van der Waals surface area contributed by atoms with E-state index in [1.165, 1.54) is 180 Å². The van der Waals surface area contributed by atoms with E-state index in [9.17, 15) is 19.4 Å². The van der Waals surface area contributed by atoms with Crippen molar-refractivity contribution in [3.8, 4) is 0 Å². The van der Waals surface area contributed by atoms with Crippen molar-refractivity contribution >= 4 is 13.7 Å². The highest BCUT2D eigenvalue weighted by atomic mass is 31.2. The molecule has 0 fully saturated rings. The normalized spacial score (nSPS) is 14.3. The van der Waals surface area contributed by atoms with Gasteiger partial charge in [0, 0.05) is 6.42 Å². The van der Waals surface area contributed by atoms with E-state index in [0.717, 1.165) is 38.5 Å². The van der Waals surface area contributed by atoms with Crippen molar-refractivity contribution in [3.63, 3.8) is 0 Å². The second kappa shape index (κ2) is 41.6. The van der Waals surface area contributed by atoms with Gasteiger partial charge >= 0.3 is 0 Å². The number of quaternary nitrogens is 1. The van der Waals surface area contributed by atoms with Gasteiger partial charge in [0.2, 0.25) is 5.91 Å². The minimum Gasteiger partial charge on any atom is -0.756 e. The Hall–Kier alpha value is -0.760. The fourth-order valence-corrected chi connectivity index (χ4v) is 8.23. The molecule has 0 bridgehead atoms. The predicted octanol–water partition coefficient (Wildman–Crippen LogP) is 13.7. The fourth-order valence-electron chi connectivity index (χ4n) is 7.51. The third kappa shape index (κ3) is 43.3. The van der Waals surface area contributed by atoms with Crippen LogP contribution in [0, 0.1) is 0 Å². The molecule has 0 aliphatic carbocycles. The highest BCUT2D eigenvalue weighted by Crippen LogP contribution is 2.38. The number of unbranched alkanes of at least 4 members (excludes halogenated alkanes) is 31. The van der Waals surface area contributed by atoms with Gasteiger partial charge in [-0.2, -0.15) is 0 Å². The van der Waals surface area contributed by atoms with Crippen LogP contribution in [-0.4, -0.2) is 68.5 Å². The zero-order chi connectivity index (χ0) is 42.8. The van der Waals surface area contributed by atoms with E-state index < -0.39 is 20.0 Å². The van der Waals surface area contributed by atoms with E-state index in [4.69, 9.17) is 9.05 Å². The summed E-state index contributed by atoms with van der Waals surface area (Å²) < 4.78 is 23.3. The fraction of sp³-hybridized carbons (Fsp3) is 0.939. The molecule has 0 aromatic heterocycles. The molecule has 0 saturated heterocycles. The number of carbonyl (C=O) groups is 1. The average Bonchev–Trinajstić information content (AvgIpc) is 3.17. The quantitative estimate of drug-likeness (QED) is 0.0273. The maximum atomic E-state index is 12.9. The second-order valence-corrected chi connectivity index (χ2v) is 19.9. The zero-order valence-electron chi connectivity index (χ0n) is 39.3. The van der Waals surface area contributed by atoms with Crippen LogP contribution >= 0.6 is 7.82 Å². The molecule has 9 heteroatoms. The van der Waals surface area contributed by atoms with E-state index >= 15 is 0 Å². The van der Waals surface area contributed by atoms with Gasteiger partial charge in [0.1, 0.15) is 13.2 Å². The van der Waals surface area contributed by atoms with Crippen molar-refractivity contribution in [2.24, 2.45) is 0 Å². The van der Waals surface area contributed by atoms with Gasteiger partial charge in [0.05, 0.1) is 39.9 Å². The molecule has 3 atom stereocenters. The van der Waals surface area contributed by atoms with E-state index in [1.807, 2.05) is 21.1 Å². The van der Waals surface area contributed by atoms with Crippen molar-refractivity contribution in [1.82, 2.24) is 5.32 Å². The van der Waals surface area contributed by atoms with Gasteiger partial charge < -0.3 is 28.8 Å². The number of allylic oxidation sites excluding steroid dienone is 2. The summed E-state index contributed by atoms with van der Waals surface area (Å²) in [7, 11) is 1.31. The molecule has 346 valence electrons. The third-order valence-electron chi connectivity index (χ3n) is 11.5. The van der Waals surface area contributed by atoms with Crippen molar-refractivity contribution in [2.45, 2.75) is 257 Å². The Morgan fingerprint density at radius 2 is 0.948 bits per heavy atom. The number of aliphatic hydroxyl groups is 1. The van der Waals surface area contributed by atoms with Gasteiger partial charge in [-0.05, 0) is 38.5 Å². The number of amides is 1. The third-order valence-corrected chi connectivity index (χ3v) is 12.5. The number of phosphoric ester groups is 1. The van der Waals surface area contributed by atoms with E-state index in [2.05, 4.69) is 31.3 Å². The monoisotopic (exact) mass is 843 g/mol. The van der Waals surface area contributed by atoms with Gasteiger partial charge in [-0.25, -0.2) is 0 Å². The minimum absolute atomic E-state index is 0.0142. The lowest BCUT2D eigenvalue weighted by molar-refractivity contribution is -0.870. The van der Waals surface area contributed by atoms with Crippen LogP contribution in [0.2, 0.25) is 0 Å². The molecule has 0 rings (SSSR count). The number of hydrogen-bond donors (Lipinski definition) is 2. The van der Waals surface area contributed by atoms with Crippen LogP contribution in [0.15, 0.2) is 12.2 Å². The highest BCUT2D eigenvalue weighted by molar-refractivity contribution is 7.45. The lowest BCUT2D eigenvalue weighted by Gasteiger charge is -2.30. The molecule has 8 nitrogen and oxygen atoms in total. The van der Waals surface area contributed by atoms with Crippen molar-refractivity contribution in [3.05, 3.63) is 12.2 Å². The Morgan fingerprint density at radius 3 is 1.34 bits per heavy atom. The summed E-state index contributed by atoms with van der Waals surface area (Å²) in [5.74, 6) is -0.163. The summed E-state index contributed by atoms with van der Waals surface area (Å²) in [6.45, 7) is 4.74. The summed E-state index contributed by atoms with van der Waals surface area (Å²) >= 11 is 0. The summed E-state index contributed by atoms with van der Waals surface area (Å²) in [6, 6.07) is -0.796. The van der Waals surface area contributed by atoms with Gasteiger partial charge in [-0.3, -0.25) is 9.36 Å². The molecular formula is C49H99N2O6P. The molecule has 2 N–H and O–H groups in total. The molecular weight excluding hydrogens is 744 g/mol. The Balaban J connectivity index is 4.19. The number of carbonyl (C=O) groups excluding carboxylic acids is 1. The first-order valence-electron chi connectivity index (χ1n) is 25.0. The Kier molecular flexibility index (Phi) is 41.0. The van der Waals surface area contributed by atoms with Crippen LogP contribution in [0.4, 0.5) is 0 Å². The number of hydrogen-bond acceptors (Lipinski definition) is 6. The maximum absolute atomic E-state index is 12.9. The Bertz CT molecular complexity index is 958. The SMILES string of the molecule is CCCCCCCCCC/C=C\CCCCCCCCCCCCCC(=O)NC(COP(=O)([O-])OCC[N+](C)(C)C)C(O)CCCCCCCCCCCCCCC. The number of phosphoric acid groups is 1. The van der Waals surface area contributed by atoms with Crippen molar-refractivity contribution < 1.29 is 32.9 Å². The topological polar surface area (TPSA) is 108 Å². The smallest absolute Gasteiger partial charge is 0.268 e. The molecule has 0 radical (unpaired) electrons. The molecule has 3 unspecified atom stereocenters.